The summed E-state index contributed by atoms with van der Waals surface area (Å²) in [7, 11) is 0. The summed E-state index contributed by atoms with van der Waals surface area (Å²) >= 11 is 0. The molecule has 2 aromatic carbocycles. The number of hydrogen-bond donors (Lipinski definition) is 4. The Kier molecular flexibility index (Phi) is 3.29. The van der Waals surface area contributed by atoms with Gasteiger partial charge in [-0.05, 0) is 48.9 Å². The lowest BCUT2D eigenvalue weighted by atomic mass is 10.1. The predicted molar refractivity (Wildman–Crippen MR) is 73.3 cm³/mol. The van der Waals surface area contributed by atoms with E-state index in [0.29, 0.717) is 11.4 Å². The van der Waals surface area contributed by atoms with E-state index in [1.54, 1.807) is 18.2 Å². The SMILES string of the molecule is Cc1cc(NC(=O)c2ccc(O)c(O)c2)ccc1N. The van der Waals surface area contributed by atoms with Crippen LogP contribution in [0.1, 0.15) is 15.9 Å². The van der Waals surface area contributed by atoms with Crippen molar-refractivity contribution in [3.05, 3.63) is 47.5 Å². The summed E-state index contributed by atoms with van der Waals surface area (Å²) in [6, 6.07) is 9.05. The summed E-state index contributed by atoms with van der Waals surface area (Å²) in [5.74, 6) is -0.972. The number of hydrogen-bond acceptors (Lipinski definition) is 4. The van der Waals surface area contributed by atoms with Crippen molar-refractivity contribution in [2.75, 3.05) is 11.1 Å². The van der Waals surface area contributed by atoms with Gasteiger partial charge >= 0.3 is 0 Å². The lowest BCUT2D eigenvalue weighted by Crippen LogP contribution is -2.11. The van der Waals surface area contributed by atoms with Gasteiger partial charge in [-0.2, -0.15) is 0 Å². The third-order valence-corrected chi connectivity index (χ3v) is 2.77. The molecule has 0 saturated heterocycles. The van der Waals surface area contributed by atoms with Gasteiger partial charge in [0.2, 0.25) is 0 Å². The number of phenolic OH excluding ortho intramolecular Hbond substituents is 2. The number of carbonyl (C=O) groups is 1. The minimum Gasteiger partial charge on any atom is -0.504 e. The first-order valence-corrected chi connectivity index (χ1v) is 5.67. The van der Waals surface area contributed by atoms with Gasteiger partial charge in [0.05, 0.1) is 0 Å². The number of nitrogens with one attached hydrogen (secondary N) is 1. The Morgan fingerprint density at radius 1 is 1.11 bits per heavy atom. The number of aromatic hydroxyl groups is 2. The monoisotopic (exact) mass is 258 g/mol. The molecule has 0 aliphatic heterocycles. The quantitative estimate of drug-likeness (QED) is 0.490. The highest BCUT2D eigenvalue weighted by Gasteiger charge is 2.09. The Labute approximate surface area is 110 Å². The smallest absolute Gasteiger partial charge is 0.255 e. The summed E-state index contributed by atoms with van der Waals surface area (Å²) in [5, 5.41) is 21.2. The van der Waals surface area contributed by atoms with Crippen LogP contribution in [0.25, 0.3) is 0 Å². The zero-order valence-corrected chi connectivity index (χ0v) is 10.3. The van der Waals surface area contributed by atoms with Gasteiger partial charge in [-0.3, -0.25) is 4.79 Å². The number of rotatable bonds is 2. The molecule has 0 atom stereocenters. The summed E-state index contributed by atoms with van der Waals surface area (Å²) in [4.78, 5) is 11.9. The summed E-state index contributed by atoms with van der Waals surface area (Å²) in [6.45, 7) is 1.84. The molecule has 2 aromatic rings. The molecule has 5 heteroatoms. The van der Waals surface area contributed by atoms with Crippen molar-refractivity contribution < 1.29 is 15.0 Å². The standard InChI is InChI=1S/C14H14N2O3/c1-8-6-10(3-4-11(8)15)16-14(19)9-2-5-12(17)13(18)7-9/h2-7,17-18H,15H2,1H3,(H,16,19). The number of phenols is 2. The molecule has 5 N–H and O–H groups in total. The lowest BCUT2D eigenvalue weighted by molar-refractivity contribution is 0.102. The largest absolute Gasteiger partial charge is 0.504 e. The van der Waals surface area contributed by atoms with Crippen LogP contribution in [0.2, 0.25) is 0 Å². The molecule has 0 spiro atoms. The molecule has 0 saturated carbocycles. The molecule has 0 bridgehead atoms. The number of benzene rings is 2. The van der Waals surface area contributed by atoms with Gasteiger partial charge in [-0.15, -0.1) is 0 Å². The number of aryl methyl sites for hydroxylation is 1. The minimum atomic E-state index is -0.375. The molecule has 0 fully saturated rings. The van der Waals surface area contributed by atoms with E-state index >= 15 is 0 Å². The van der Waals surface area contributed by atoms with Crippen molar-refractivity contribution in [1.82, 2.24) is 0 Å². The van der Waals surface area contributed by atoms with Gasteiger partial charge in [-0.25, -0.2) is 0 Å². The van der Waals surface area contributed by atoms with Gasteiger partial charge in [0.25, 0.3) is 5.91 Å². The second kappa shape index (κ2) is 4.89. The normalized spacial score (nSPS) is 10.2. The Balaban J connectivity index is 2.20. The molecular formula is C14H14N2O3. The average Bonchev–Trinajstić information content (AvgIpc) is 2.37. The fourth-order valence-corrected chi connectivity index (χ4v) is 1.62. The van der Waals surface area contributed by atoms with Crippen LogP contribution in [-0.2, 0) is 0 Å². The van der Waals surface area contributed by atoms with Gasteiger partial charge < -0.3 is 21.3 Å². The highest BCUT2D eigenvalue weighted by molar-refractivity contribution is 6.04. The molecule has 19 heavy (non-hydrogen) atoms. The van der Waals surface area contributed by atoms with Crippen LogP contribution in [0.4, 0.5) is 11.4 Å². The van der Waals surface area contributed by atoms with E-state index in [2.05, 4.69) is 5.32 Å². The van der Waals surface area contributed by atoms with Gasteiger partial charge in [0.15, 0.2) is 11.5 Å². The molecule has 0 unspecified atom stereocenters. The molecule has 0 aliphatic rings. The topological polar surface area (TPSA) is 95.6 Å². The van der Waals surface area contributed by atoms with Crippen molar-refractivity contribution in [3.8, 4) is 11.5 Å². The third kappa shape index (κ3) is 2.77. The van der Waals surface area contributed by atoms with Crippen LogP contribution in [0, 0.1) is 6.92 Å². The van der Waals surface area contributed by atoms with Crippen LogP contribution in [0.5, 0.6) is 11.5 Å². The van der Waals surface area contributed by atoms with Crippen LogP contribution in [0.3, 0.4) is 0 Å². The van der Waals surface area contributed by atoms with E-state index in [1.807, 2.05) is 6.92 Å². The van der Waals surface area contributed by atoms with Gasteiger partial charge in [0, 0.05) is 16.9 Å². The molecule has 0 aromatic heterocycles. The molecule has 5 nitrogen and oxygen atoms in total. The Morgan fingerprint density at radius 3 is 2.47 bits per heavy atom. The van der Waals surface area contributed by atoms with Crippen molar-refractivity contribution in [1.29, 1.82) is 0 Å². The molecule has 0 aliphatic carbocycles. The lowest BCUT2D eigenvalue weighted by Gasteiger charge is -2.08. The maximum absolute atomic E-state index is 11.9. The van der Waals surface area contributed by atoms with E-state index in [4.69, 9.17) is 5.73 Å². The second-order valence-electron chi connectivity index (χ2n) is 4.23. The highest BCUT2D eigenvalue weighted by atomic mass is 16.3. The number of anilines is 2. The first-order valence-electron chi connectivity index (χ1n) is 5.67. The second-order valence-corrected chi connectivity index (χ2v) is 4.23. The van der Waals surface area contributed by atoms with Crippen LogP contribution < -0.4 is 11.1 Å². The summed E-state index contributed by atoms with van der Waals surface area (Å²) in [6.07, 6.45) is 0. The number of amides is 1. The Bertz CT molecular complexity index is 639. The van der Waals surface area contributed by atoms with Crippen molar-refractivity contribution in [2.45, 2.75) is 6.92 Å². The molecule has 1 amide bonds. The van der Waals surface area contributed by atoms with Gasteiger partial charge in [-0.1, -0.05) is 0 Å². The zero-order chi connectivity index (χ0) is 14.0. The molecule has 98 valence electrons. The first-order chi connectivity index (χ1) is 8.97. The minimum absolute atomic E-state index is 0.254. The summed E-state index contributed by atoms with van der Waals surface area (Å²) < 4.78 is 0. The molecule has 0 heterocycles. The van der Waals surface area contributed by atoms with E-state index < -0.39 is 0 Å². The molecule has 0 radical (unpaired) electrons. The highest BCUT2D eigenvalue weighted by Crippen LogP contribution is 2.25. The van der Waals surface area contributed by atoms with E-state index in [0.717, 1.165) is 5.56 Å². The van der Waals surface area contributed by atoms with Crippen LogP contribution in [0.15, 0.2) is 36.4 Å². The van der Waals surface area contributed by atoms with Crippen molar-refractivity contribution >= 4 is 17.3 Å². The predicted octanol–water partition coefficient (Wildman–Crippen LogP) is 2.24. The van der Waals surface area contributed by atoms with Gasteiger partial charge in [0.1, 0.15) is 0 Å². The summed E-state index contributed by atoms with van der Waals surface area (Å²) in [5.41, 5.74) is 8.08. The fourth-order valence-electron chi connectivity index (χ4n) is 1.62. The van der Waals surface area contributed by atoms with Crippen molar-refractivity contribution in [3.63, 3.8) is 0 Å². The van der Waals surface area contributed by atoms with E-state index in [1.165, 1.54) is 18.2 Å². The maximum atomic E-state index is 11.9. The Morgan fingerprint density at radius 2 is 1.84 bits per heavy atom. The maximum Gasteiger partial charge on any atom is 0.255 e. The molecular weight excluding hydrogens is 244 g/mol. The number of carbonyl (C=O) groups excluding carboxylic acids is 1. The zero-order valence-electron chi connectivity index (χ0n) is 10.3. The average molecular weight is 258 g/mol. The number of nitrogens with two attached hydrogens (primary N) is 1. The van der Waals surface area contributed by atoms with E-state index in [9.17, 15) is 15.0 Å². The van der Waals surface area contributed by atoms with Crippen molar-refractivity contribution in [2.24, 2.45) is 0 Å². The van der Waals surface area contributed by atoms with Crippen LogP contribution >= 0.6 is 0 Å². The third-order valence-electron chi connectivity index (χ3n) is 2.77. The number of nitrogen functional groups attached to an aromatic ring is 1. The molecule has 2 rings (SSSR count). The first kappa shape index (κ1) is 12.8. The fraction of sp³-hybridized carbons (Fsp3) is 0.0714. The van der Waals surface area contributed by atoms with E-state index in [-0.39, 0.29) is 23.0 Å². The van der Waals surface area contributed by atoms with Crippen LogP contribution in [-0.4, -0.2) is 16.1 Å². The Hall–Kier alpha value is -2.69.